The number of oxazole rings is 1. The number of carbonyl (C=O) groups excluding carboxylic acids is 1. The van der Waals surface area contributed by atoms with Crippen LogP contribution in [-0.2, 0) is 17.6 Å². The quantitative estimate of drug-likeness (QED) is 0.791. The zero-order valence-corrected chi connectivity index (χ0v) is 12.5. The molecule has 1 amide bonds. The number of fused-ring (bicyclic) bond motifs is 2. The Morgan fingerprint density at radius 2 is 2.09 bits per heavy atom. The molecule has 2 heterocycles. The van der Waals surface area contributed by atoms with Gasteiger partial charge in [0, 0.05) is 12.2 Å². The molecule has 1 aliphatic heterocycles. The number of nitrogens with one attached hydrogen (secondary N) is 1. The zero-order chi connectivity index (χ0) is 15.8. The Hall–Kier alpha value is -2.82. The number of benzene rings is 2. The van der Waals surface area contributed by atoms with E-state index in [0.717, 1.165) is 30.6 Å². The molecular weight excluding hydrogens is 292 g/mol. The van der Waals surface area contributed by atoms with E-state index in [-0.39, 0.29) is 5.91 Å². The van der Waals surface area contributed by atoms with Crippen LogP contribution in [0.3, 0.4) is 0 Å². The number of anilines is 1. The van der Waals surface area contributed by atoms with Crippen molar-refractivity contribution in [1.82, 2.24) is 4.98 Å². The van der Waals surface area contributed by atoms with Crippen LogP contribution < -0.4 is 10.7 Å². The van der Waals surface area contributed by atoms with Crippen LogP contribution in [0.15, 0.2) is 51.7 Å². The van der Waals surface area contributed by atoms with Crippen molar-refractivity contribution in [3.8, 4) is 0 Å². The number of carbonyl (C=O) groups is 1. The van der Waals surface area contributed by atoms with Crippen LogP contribution in [0.5, 0.6) is 0 Å². The predicted octanol–water partition coefficient (Wildman–Crippen LogP) is 2.64. The van der Waals surface area contributed by atoms with E-state index in [1.54, 1.807) is 12.1 Å². The molecule has 5 nitrogen and oxygen atoms in total. The number of hydrogen-bond acceptors (Lipinski definition) is 3. The average Bonchev–Trinajstić information content (AvgIpc) is 2.93. The summed E-state index contributed by atoms with van der Waals surface area (Å²) in [5, 5.41) is 0. The van der Waals surface area contributed by atoms with Crippen LogP contribution in [0.2, 0.25) is 0 Å². The average molecular weight is 308 g/mol. The second kappa shape index (κ2) is 5.43. The molecule has 0 bridgehead atoms. The third-order valence-electron chi connectivity index (χ3n) is 4.25. The van der Waals surface area contributed by atoms with Gasteiger partial charge >= 0.3 is 5.76 Å². The Bertz CT molecular complexity index is 939. The number of para-hydroxylation sites is 1. The molecule has 0 atom stereocenters. The molecule has 0 unspecified atom stereocenters. The Balaban J connectivity index is 1.61. The van der Waals surface area contributed by atoms with Crippen LogP contribution in [-0.4, -0.2) is 17.4 Å². The molecule has 0 fully saturated rings. The minimum absolute atomic E-state index is 0.0716. The Morgan fingerprint density at radius 3 is 3.00 bits per heavy atom. The van der Waals surface area contributed by atoms with Crippen LogP contribution in [0.1, 0.15) is 17.5 Å². The molecule has 1 N–H and O–H groups in total. The van der Waals surface area contributed by atoms with Gasteiger partial charge in [0.1, 0.15) is 0 Å². The summed E-state index contributed by atoms with van der Waals surface area (Å²) < 4.78 is 4.98. The summed E-state index contributed by atoms with van der Waals surface area (Å²) in [4.78, 5) is 28.4. The maximum atomic E-state index is 12.7. The van der Waals surface area contributed by atoms with E-state index in [0.29, 0.717) is 17.5 Å². The molecule has 1 aliphatic rings. The number of aromatic amines is 1. The zero-order valence-electron chi connectivity index (χ0n) is 12.5. The first kappa shape index (κ1) is 13.8. The van der Waals surface area contributed by atoms with Gasteiger partial charge in [-0.1, -0.05) is 24.3 Å². The highest BCUT2D eigenvalue weighted by atomic mass is 16.4. The van der Waals surface area contributed by atoms with Crippen molar-refractivity contribution in [2.24, 2.45) is 0 Å². The Kier molecular flexibility index (Phi) is 3.26. The number of hydrogen-bond donors (Lipinski definition) is 1. The smallest absolute Gasteiger partial charge is 0.408 e. The van der Waals surface area contributed by atoms with Crippen molar-refractivity contribution in [3.05, 3.63) is 64.1 Å². The lowest BCUT2D eigenvalue weighted by Gasteiger charge is -2.29. The third kappa shape index (κ3) is 2.54. The Labute approximate surface area is 132 Å². The highest BCUT2D eigenvalue weighted by Gasteiger charge is 2.22. The van der Waals surface area contributed by atoms with Gasteiger partial charge in [0.15, 0.2) is 5.58 Å². The van der Waals surface area contributed by atoms with Gasteiger partial charge < -0.3 is 9.32 Å². The molecule has 0 saturated carbocycles. The predicted molar refractivity (Wildman–Crippen MR) is 87.7 cm³/mol. The third-order valence-corrected chi connectivity index (χ3v) is 4.25. The van der Waals surface area contributed by atoms with Gasteiger partial charge in [-0.05, 0) is 42.2 Å². The second-order valence-corrected chi connectivity index (χ2v) is 5.80. The summed E-state index contributed by atoms with van der Waals surface area (Å²) >= 11 is 0. The summed E-state index contributed by atoms with van der Waals surface area (Å²) in [6, 6.07) is 13.4. The van der Waals surface area contributed by atoms with Crippen LogP contribution >= 0.6 is 0 Å². The van der Waals surface area contributed by atoms with Crippen molar-refractivity contribution in [3.63, 3.8) is 0 Å². The first-order valence-corrected chi connectivity index (χ1v) is 7.71. The van der Waals surface area contributed by atoms with Crippen molar-refractivity contribution in [2.45, 2.75) is 19.3 Å². The summed E-state index contributed by atoms with van der Waals surface area (Å²) in [6.07, 6.45) is 2.30. The van der Waals surface area contributed by atoms with Crippen molar-refractivity contribution in [1.29, 1.82) is 0 Å². The van der Waals surface area contributed by atoms with Crippen LogP contribution in [0, 0.1) is 0 Å². The van der Waals surface area contributed by atoms with Crippen molar-refractivity contribution >= 4 is 22.7 Å². The summed E-state index contributed by atoms with van der Waals surface area (Å²) in [5.74, 6) is -0.407. The lowest BCUT2D eigenvalue weighted by atomic mass is 10.0. The van der Waals surface area contributed by atoms with Crippen LogP contribution in [0.4, 0.5) is 5.69 Å². The molecule has 2 aromatic carbocycles. The van der Waals surface area contributed by atoms with Crippen molar-refractivity contribution in [2.75, 3.05) is 11.4 Å². The van der Waals surface area contributed by atoms with Crippen molar-refractivity contribution < 1.29 is 9.21 Å². The maximum absolute atomic E-state index is 12.7. The van der Waals surface area contributed by atoms with E-state index in [2.05, 4.69) is 11.1 Å². The van der Waals surface area contributed by atoms with Gasteiger partial charge in [0.25, 0.3) is 0 Å². The molecule has 0 saturated heterocycles. The molecule has 5 heteroatoms. The molecule has 0 spiro atoms. The molecule has 1 aromatic heterocycles. The lowest BCUT2D eigenvalue weighted by Crippen LogP contribution is -2.36. The summed E-state index contributed by atoms with van der Waals surface area (Å²) in [7, 11) is 0. The highest BCUT2D eigenvalue weighted by Crippen LogP contribution is 2.27. The van der Waals surface area contributed by atoms with Gasteiger partial charge in [0.2, 0.25) is 5.91 Å². The SMILES string of the molecule is O=C(Cc1ccc2oc(=O)[nH]c2c1)N1CCCc2ccccc21. The number of aromatic nitrogens is 1. The van der Waals surface area contributed by atoms with E-state index in [9.17, 15) is 9.59 Å². The fourth-order valence-electron chi connectivity index (χ4n) is 3.17. The fraction of sp³-hybridized carbons (Fsp3) is 0.222. The van der Waals surface area contributed by atoms with Crippen LogP contribution in [0.25, 0.3) is 11.1 Å². The van der Waals surface area contributed by atoms with Gasteiger partial charge in [-0.15, -0.1) is 0 Å². The molecule has 23 heavy (non-hydrogen) atoms. The van der Waals surface area contributed by atoms with E-state index < -0.39 is 5.76 Å². The normalized spacial score (nSPS) is 14.0. The van der Waals surface area contributed by atoms with Gasteiger partial charge in [0.05, 0.1) is 11.9 Å². The summed E-state index contributed by atoms with van der Waals surface area (Å²) in [6.45, 7) is 0.751. The van der Waals surface area contributed by atoms with Gasteiger partial charge in [-0.25, -0.2) is 4.79 Å². The van der Waals surface area contributed by atoms with E-state index >= 15 is 0 Å². The number of H-pyrrole nitrogens is 1. The first-order valence-electron chi connectivity index (χ1n) is 7.71. The molecule has 4 rings (SSSR count). The number of nitrogens with zero attached hydrogens (tertiary/aromatic N) is 1. The monoisotopic (exact) mass is 308 g/mol. The molecule has 3 aromatic rings. The molecular formula is C18H16N2O3. The Morgan fingerprint density at radius 1 is 1.22 bits per heavy atom. The standard InChI is InChI=1S/C18H16N2O3/c21-17(20-9-3-5-13-4-1-2-6-15(13)20)11-12-7-8-16-14(10-12)19-18(22)23-16/h1-2,4,6-8,10H,3,5,9,11H2,(H,19,22). The molecule has 116 valence electrons. The number of aryl methyl sites for hydroxylation is 1. The first-order chi connectivity index (χ1) is 11.2. The second-order valence-electron chi connectivity index (χ2n) is 5.80. The fourth-order valence-corrected chi connectivity index (χ4v) is 3.17. The molecule has 0 aliphatic carbocycles. The lowest BCUT2D eigenvalue weighted by molar-refractivity contribution is -0.118. The van der Waals surface area contributed by atoms with E-state index in [1.165, 1.54) is 5.56 Å². The van der Waals surface area contributed by atoms with E-state index in [4.69, 9.17) is 4.42 Å². The van der Waals surface area contributed by atoms with Gasteiger partial charge in [-0.3, -0.25) is 9.78 Å². The largest absolute Gasteiger partial charge is 0.417 e. The number of amides is 1. The topological polar surface area (TPSA) is 66.3 Å². The molecule has 0 radical (unpaired) electrons. The maximum Gasteiger partial charge on any atom is 0.417 e. The summed E-state index contributed by atoms with van der Waals surface area (Å²) in [5.41, 5.74) is 4.24. The minimum Gasteiger partial charge on any atom is -0.408 e. The van der Waals surface area contributed by atoms with E-state index in [1.807, 2.05) is 29.2 Å². The minimum atomic E-state index is -0.478. The highest BCUT2D eigenvalue weighted by molar-refractivity contribution is 5.96. The number of rotatable bonds is 2. The van der Waals surface area contributed by atoms with Gasteiger partial charge in [-0.2, -0.15) is 0 Å².